The van der Waals surface area contributed by atoms with Crippen LogP contribution in [0.1, 0.15) is 11.5 Å². The topological polar surface area (TPSA) is 65.4 Å². The Labute approximate surface area is 82.8 Å². The third-order valence-electron chi connectivity index (χ3n) is 1.67. The van der Waals surface area contributed by atoms with Crippen LogP contribution in [0.15, 0.2) is 12.3 Å². The molecule has 0 spiro atoms. The van der Waals surface area contributed by atoms with Crippen LogP contribution in [0.3, 0.4) is 0 Å². The van der Waals surface area contributed by atoms with Gasteiger partial charge in [0.2, 0.25) is 5.82 Å². The highest BCUT2D eigenvalue weighted by atomic mass is 79.9. The maximum Gasteiger partial charge on any atom is 0.234 e. The average molecular weight is 237 g/mol. The van der Waals surface area contributed by atoms with Gasteiger partial charge in [0.05, 0.1) is 0 Å². The number of nitriles is 1. The fourth-order valence-electron chi connectivity index (χ4n) is 1.10. The molecule has 2 aromatic heterocycles. The molecular weight excluding hydrogens is 232 g/mol. The summed E-state index contributed by atoms with van der Waals surface area (Å²) in [6.45, 7) is 0. The van der Waals surface area contributed by atoms with Crippen LogP contribution in [-0.4, -0.2) is 15.0 Å². The molecule has 0 aliphatic carbocycles. The quantitative estimate of drug-likeness (QED) is 0.768. The first-order valence-corrected chi connectivity index (χ1v) is 4.76. The lowest BCUT2D eigenvalue weighted by Gasteiger charge is -1.87. The van der Waals surface area contributed by atoms with Gasteiger partial charge in [-0.2, -0.15) is 5.26 Å². The second-order valence-electron chi connectivity index (χ2n) is 2.54. The molecule has 0 fully saturated rings. The summed E-state index contributed by atoms with van der Waals surface area (Å²) >= 11 is 3.33. The van der Waals surface area contributed by atoms with Crippen molar-refractivity contribution in [3.8, 4) is 6.07 Å². The van der Waals surface area contributed by atoms with Crippen LogP contribution in [0, 0.1) is 11.3 Å². The third-order valence-corrected chi connectivity index (χ3v) is 2.27. The van der Waals surface area contributed by atoms with E-state index in [9.17, 15) is 0 Å². The molecule has 0 atom stereocenters. The van der Waals surface area contributed by atoms with Crippen LogP contribution in [0.4, 0.5) is 0 Å². The van der Waals surface area contributed by atoms with Gasteiger partial charge < -0.3 is 4.98 Å². The molecule has 5 heteroatoms. The zero-order chi connectivity index (χ0) is 9.26. The van der Waals surface area contributed by atoms with Crippen LogP contribution in [0.2, 0.25) is 0 Å². The third kappa shape index (κ3) is 1.40. The number of H-pyrrole nitrogens is 1. The fourth-order valence-corrected chi connectivity index (χ4v) is 1.40. The van der Waals surface area contributed by atoms with Crippen molar-refractivity contribution >= 4 is 27.0 Å². The normalized spacial score (nSPS) is 10.2. The SMILES string of the molecule is N#Cc1ncc2cc(CBr)[nH]c2n1. The average Bonchev–Trinajstić information content (AvgIpc) is 2.58. The lowest BCUT2D eigenvalue weighted by atomic mass is 10.4. The molecule has 4 nitrogen and oxygen atoms in total. The van der Waals surface area contributed by atoms with Crippen molar-refractivity contribution in [2.24, 2.45) is 0 Å². The Morgan fingerprint density at radius 2 is 2.46 bits per heavy atom. The second-order valence-corrected chi connectivity index (χ2v) is 3.10. The summed E-state index contributed by atoms with van der Waals surface area (Å²) in [5.74, 6) is 0.190. The lowest BCUT2D eigenvalue weighted by Crippen LogP contribution is -1.87. The summed E-state index contributed by atoms with van der Waals surface area (Å²) in [4.78, 5) is 11.0. The minimum atomic E-state index is 0.190. The molecule has 2 heterocycles. The van der Waals surface area contributed by atoms with Gasteiger partial charge in [-0.25, -0.2) is 9.97 Å². The van der Waals surface area contributed by atoms with E-state index in [1.54, 1.807) is 6.20 Å². The zero-order valence-corrected chi connectivity index (χ0v) is 8.17. The second kappa shape index (κ2) is 3.15. The summed E-state index contributed by atoms with van der Waals surface area (Å²) in [5, 5.41) is 10.2. The Bertz CT molecular complexity index is 482. The van der Waals surface area contributed by atoms with Gasteiger partial charge in [0.1, 0.15) is 11.7 Å². The number of nitrogens with zero attached hydrogens (tertiary/aromatic N) is 3. The van der Waals surface area contributed by atoms with Crippen LogP contribution >= 0.6 is 15.9 Å². The minimum absolute atomic E-state index is 0.190. The first-order valence-electron chi connectivity index (χ1n) is 3.64. The van der Waals surface area contributed by atoms with Gasteiger partial charge in [-0.3, -0.25) is 0 Å². The number of fused-ring (bicyclic) bond motifs is 1. The van der Waals surface area contributed by atoms with E-state index in [2.05, 4.69) is 30.9 Å². The van der Waals surface area contributed by atoms with Crippen molar-refractivity contribution in [3.63, 3.8) is 0 Å². The zero-order valence-electron chi connectivity index (χ0n) is 6.58. The van der Waals surface area contributed by atoms with E-state index < -0.39 is 0 Å². The van der Waals surface area contributed by atoms with Crippen LogP contribution in [0.25, 0.3) is 11.0 Å². The molecule has 0 saturated heterocycles. The Morgan fingerprint density at radius 1 is 1.62 bits per heavy atom. The maximum atomic E-state index is 8.56. The van der Waals surface area contributed by atoms with E-state index in [0.29, 0.717) is 5.65 Å². The first kappa shape index (κ1) is 8.20. The van der Waals surface area contributed by atoms with Crippen LogP contribution in [-0.2, 0) is 5.33 Å². The van der Waals surface area contributed by atoms with Crippen molar-refractivity contribution in [1.82, 2.24) is 15.0 Å². The van der Waals surface area contributed by atoms with Gasteiger partial charge in [-0.1, -0.05) is 15.9 Å². The Balaban J connectivity index is 2.65. The molecule has 0 bridgehead atoms. The summed E-state index contributed by atoms with van der Waals surface area (Å²) < 4.78 is 0. The van der Waals surface area contributed by atoms with Crippen LogP contribution < -0.4 is 0 Å². The molecule has 0 amide bonds. The van der Waals surface area contributed by atoms with Gasteiger partial charge in [0.15, 0.2) is 0 Å². The first-order chi connectivity index (χ1) is 6.33. The Morgan fingerprint density at radius 3 is 3.15 bits per heavy atom. The Hall–Kier alpha value is -1.41. The molecule has 64 valence electrons. The van der Waals surface area contributed by atoms with Gasteiger partial charge in [0.25, 0.3) is 0 Å². The number of rotatable bonds is 1. The standard InChI is InChI=1S/C8H5BrN4/c9-2-6-1-5-4-11-7(3-10)13-8(5)12-6/h1,4H,2H2,(H,11,12,13). The number of hydrogen-bond acceptors (Lipinski definition) is 3. The van der Waals surface area contributed by atoms with Gasteiger partial charge in [0, 0.05) is 22.6 Å². The van der Waals surface area contributed by atoms with E-state index in [4.69, 9.17) is 5.26 Å². The van der Waals surface area contributed by atoms with E-state index in [0.717, 1.165) is 16.4 Å². The summed E-state index contributed by atoms with van der Waals surface area (Å²) in [6.07, 6.45) is 1.64. The van der Waals surface area contributed by atoms with Crippen molar-refractivity contribution < 1.29 is 0 Å². The highest BCUT2D eigenvalue weighted by molar-refractivity contribution is 9.08. The van der Waals surface area contributed by atoms with E-state index in [-0.39, 0.29) is 5.82 Å². The molecule has 0 aliphatic heterocycles. The molecule has 0 radical (unpaired) electrons. The monoisotopic (exact) mass is 236 g/mol. The highest BCUT2D eigenvalue weighted by Gasteiger charge is 2.02. The summed E-state index contributed by atoms with van der Waals surface area (Å²) in [5.41, 5.74) is 1.74. The predicted octanol–water partition coefficient (Wildman–Crippen LogP) is 1.72. The van der Waals surface area contributed by atoms with E-state index >= 15 is 0 Å². The molecule has 0 aromatic carbocycles. The molecule has 0 saturated carbocycles. The number of hydrogen-bond donors (Lipinski definition) is 1. The van der Waals surface area contributed by atoms with Crippen molar-refractivity contribution in [2.75, 3.05) is 0 Å². The maximum absolute atomic E-state index is 8.56. The molecule has 13 heavy (non-hydrogen) atoms. The fraction of sp³-hybridized carbons (Fsp3) is 0.125. The number of alkyl halides is 1. The molecule has 0 unspecified atom stereocenters. The van der Waals surface area contributed by atoms with Crippen LogP contribution in [0.5, 0.6) is 0 Å². The van der Waals surface area contributed by atoms with Gasteiger partial charge >= 0.3 is 0 Å². The predicted molar refractivity (Wildman–Crippen MR) is 51.2 cm³/mol. The summed E-state index contributed by atoms with van der Waals surface area (Å²) in [6, 6.07) is 3.84. The minimum Gasteiger partial charge on any atom is -0.342 e. The number of aromatic amines is 1. The molecule has 0 aliphatic rings. The Kier molecular flexibility index (Phi) is 1.99. The van der Waals surface area contributed by atoms with Crippen molar-refractivity contribution in [2.45, 2.75) is 5.33 Å². The largest absolute Gasteiger partial charge is 0.342 e. The van der Waals surface area contributed by atoms with Gasteiger partial charge in [-0.15, -0.1) is 0 Å². The smallest absolute Gasteiger partial charge is 0.234 e. The van der Waals surface area contributed by atoms with Crippen molar-refractivity contribution in [1.29, 1.82) is 5.26 Å². The number of aromatic nitrogens is 3. The van der Waals surface area contributed by atoms with Crippen molar-refractivity contribution in [3.05, 3.63) is 23.8 Å². The molecule has 2 aromatic rings. The van der Waals surface area contributed by atoms with E-state index in [1.165, 1.54) is 0 Å². The summed E-state index contributed by atoms with van der Waals surface area (Å²) in [7, 11) is 0. The number of nitrogens with one attached hydrogen (secondary N) is 1. The molecule has 2 rings (SSSR count). The number of halogens is 1. The lowest BCUT2D eigenvalue weighted by molar-refractivity contribution is 1.13. The molecule has 1 N–H and O–H groups in total. The highest BCUT2D eigenvalue weighted by Crippen LogP contribution is 2.13. The van der Waals surface area contributed by atoms with Gasteiger partial charge in [-0.05, 0) is 6.07 Å². The van der Waals surface area contributed by atoms with E-state index in [1.807, 2.05) is 12.1 Å². The molecular formula is C8H5BrN4.